The van der Waals surface area contributed by atoms with Gasteiger partial charge in [0, 0.05) is 16.4 Å². The van der Waals surface area contributed by atoms with Crippen LogP contribution in [0.15, 0.2) is 30.5 Å². The summed E-state index contributed by atoms with van der Waals surface area (Å²) < 4.78 is 0. The largest absolute Gasteiger partial charge is 0.256 e. The summed E-state index contributed by atoms with van der Waals surface area (Å²) in [7, 11) is 0. The van der Waals surface area contributed by atoms with Crippen molar-refractivity contribution in [2.75, 3.05) is 0 Å². The second-order valence-electron chi connectivity index (χ2n) is 4.07. The van der Waals surface area contributed by atoms with Gasteiger partial charge in [-0.1, -0.05) is 28.1 Å². The summed E-state index contributed by atoms with van der Waals surface area (Å²) in [5.74, 6) is 0. The van der Waals surface area contributed by atoms with Gasteiger partial charge in [0.15, 0.2) is 0 Å². The molecule has 2 heteroatoms. The number of aryl methyl sites for hydroxylation is 1. The number of fused-ring (bicyclic) bond motifs is 3. The van der Waals surface area contributed by atoms with Gasteiger partial charge in [0.2, 0.25) is 0 Å². The lowest BCUT2D eigenvalue weighted by Crippen LogP contribution is -2.05. The van der Waals surface area contributed by atoms with Crippen LogP contribution in [-0.4, -0.2) is 4.98 Å². The first-order valence-corrected chi connectivity index (χ1v) is 6.28. The summed E-state index contributed by atoms with van der Waals surface area (Å²) in [6.45, 7) is 0. The van der Waals surface area contributed by atoms with E-state index in [0.29, 0.717) is 4.83 Å². The summed E-state index contributed by atoms with van der Waals surface area (Å²) in [5.41, 5.74) is 4.07. The van der Waals surface area contributed by atoms with E-state index in [1.54, 1.807) is 0 Å². The fraction of sp³-hybridized carbons (Fsp3) is 0.308. The van der Waals surface area contributed by atoms with Crippen LogP contribution in [-0.2, 0) is 6.42 Å². The zero-order valence-corrected chi connectivity index (χ0v) is 10.00. The Labute approximate surface area is 97.7 Å². The minimum atomic E-state index is 0.508. The molecule has 15 heavy (non-hydrogen) atoms. The molecule has 1 aromatic carbocycles. The molecule has 1 heterocycles. The zero-order valence-electron chi connectivity index (χ0n) is 8.41. The highest BCUT2D eigenvalue weighted by Gasteiger charge is 2.19. The van der Waals surface area contributed by atoms with E-state index in [4.69, 9.17) is 0 Å². The number of nitrogens with zero attached hydrogens (tertiary/aromatic N) is 1. The highest BCUT2D eigenvalue weighted by Crippen LogP contribution is 2.39. The van der Waals surface area contributed by atoms with Crippen LogP contribution in [0.25, 0.3) is 10.9 Å². The SMILES string of the molecule is BrC1CCCc2ccc3ncccc3c21. The molecule has 0 bridgehead atoms. The average Bonchev–Trinajstić information content (AvgIpc) is 2.29. The van der Waals surface area contributed by atoms with Crippen molar-refractivity contribution >= 4 is 26.8 Å². The van der Waals surface area contributed by atoms with Crippen LogP contribution in [0, 0.1) is 0 Å². The van der Waals surface area contributed by atoms with Crippen LogP contribution >= 0.6 is 15.9 Å². The van der Waals surface area contributed by atoms with Crippen molar-refractivity contribution in [3.63, 3.8) is 0 Å². The average molecular weight is 262 g/mol. The van der Waals surface area contributed by atoms with Crippen LogP contribution in [0.2, 0.25) is 0 Å². The number of rotatable bonds is 0. The molecule has 0 saturated carbocycles. The normalized spacial score (nSPS) is 20.2. The van der Waals surface area contributed by atoms with Gasteiger partial charge in [0.05, 0.1) is 5.52 Å². The maximum atomic E-state index is 4.40. The highest BCUT2D eigenvalue weighted by molar-refractivity contribution is 9.09. The monoisotopic (exact) mass is 261 g/mol. The number of aromatic nitrogens is 1. The quantitative estimate of drug-likeness (QED) is 0.654. The zero-order chi connectivity index (χ0) is 10.3. The van der Waals surface area contributed by atoms with Crippen molar-refractivity contribution in [1.82, 2.24) is 4.98 Å². The molecule has 0 amide bonds. The van der Waals surface area contributed by atoms with E-state index >= 15 is 0 Å². The van der Waals surface area contributed by atoms with Crippen molar-refractivity contribution in [1.29, 1.82) is 0 Å². The van der Waals surface area contributed by atoms with E-state index in [2.05, 4.69) is 39.1 Å². The molecule has 3 rings (SSSR count). The maximum absolute atomic E-state index is 4.40. The number of hydrogen-bond acceptors (Lipinski definition) is 1. The molecule has 2 aromatic rings. The molecule has 0 fully saturated rings. The number of halogens is 1. The molecule has 76 valence electrons. The smallest absolute Gasteiger partial charge is 0.0705 e. The topological polar surface area (TPSA) is 12.9 Å². The molecule has 1 atom stereocenters. The number of benzene rings is 1. The van der Waals surface area contributed by atoms with Crippen LogP contribution in [0.1, 0.15) is 28.8 Å². The van der Waals surface area contributed by atoms with Crippen molar-refractivity contribution in [3.05, 3.63) is 41.6 Å². The minimum absolute atomic E-state index is 0.508. The first-order valence-electron chi connectivity index (χ1n) is 5.37. The summed E-state index contributed by atoms with van der Waals surface area (Å²) in [6.07, 6.45) is 5.60. The summed E-state index contributed by atoms with van der Waals surface area (Å²) in [5, 5.41) is 1.32. The van der Waals surface area contributed by atoms with Crippen molar-refractivity contribution in [3.8, 4) is 0 Å². The second-order valence-corrected chi connectivity index (χ2v) is 5.17. The van der Waals surface area contributed by atoms with E-state index < -0.39 is 0 Å². The van der Waals surface area contributed by atoms with Gasteiger partial charge in [0.25, 0.3) is 0 Å². The van der Waals surface area contributed by atoms with E-state index in [1.807, 2.05) is 12.3 Å². The Morgan fingerprint density at radius 3 is 3.13 bits per heavy atom. The molecule has 1 aliphatic carbocycles. The van der Waals surface area contributed by atoms with E-state index in [9.17, 15) is 0 Å². The molecule has 0 saturated heterocycles. The number of pyridine rings is 1. The lowest BCUT2D eigenvalue weighted by Gasteiger charge is -2.22. The molecule has 0 spiro atoms. The third-order valence-electron chi connectivity index (χ3n) is 3.13. The molecule has 1 aromatic heterocycles. The third kappa shape index (κ3) is 1.48. The summed E-state index contributed by atoms with van der Waals surface area (Å²) in [4.78, 5) is 4.91. The lowest BCUT2D eigenvalue weighted by molar-refractivity contribution is 0.685. The molecule has 0 radical (unpaired) electrons. The van der Waals surface area contributed by atoms with Gasteiger partial charge >= 0.3 is 0 Å². The second kappa shape index (κ2) is 3.60. The van der Waals surface area contributed by atoms with Crippen LogP contribution < -0.4 is 0 Å². The minimum Gasteiger partial charge on any atom is -0.256 e. The Kier molecular flexibility index (Phi) is 2.24. The Hall–Kier alpha value is -0.890. The molecular weight excluding hydrogens is 250 g/mol. The maximum Gasteiger partial charge on any atom is 0.0705 e. The first-order chi connectivity index (χ1) is 7.36. The Balaban J connectivity index is 2.35. The van der Waals surface area contributed by atoms with E-state index in [1.165, 1.54) is 35.8 Å². The lowest BCUT2D eigenvalue weighted by atomic mass is 9.89. The molecule has 1 unspecified atom stereocenters. The van der Waals surface area contributed by atoms with Crippen molar-refractivity contribution in [2.45, 2.75) is 24.1 Å². The summed E-state index contributed by atoms with van der Waals surface area (Å²) in [6, 6.07) is 8.58. The van der Waals surface area contributed by atoms with Gasteiger partial charge in [-0.15, -0.1) is 0 Å². The van der Waals surface area contributed by atoms with Gasteiger partial charge in [0.1, 0.15) is 0 Å². The van der Waals surface area contributed by atoms with Gasteiger partial charge in [-0.3, -0.25) is 4.98 Å². The predicted octanol–water partition coefficient (Wildman–Crippen LogP) is 4.01. The first kappa shape index (κ1) is 9.34. The Morgan fingerprint density at radius 1 is 1.27 bits per heavy atom. The fourth-order valence-corrected chi connectivity index (χ4v) is 3.29. The molecule has 0 aliphatic heterocycles. The molecule has 1 nitrogen and oxygen atoms in total. The van der Waals surface area contributed by atoms with Gasteiger partial charge in [-0.2, -0.15) is 0 Å². The third-order valence-corrected chi connectivity index (χ3v) is 4.05. The van der Waals surface area contributed by atoms with E-state index in [0.717, 1.165) is 5.52 Å². The Morgan fingerprint density at radius 2 is 2.20 bits per heavy atom. The van der Waals surface area contributed by atoms with Crippen LogP contribution in [0.5, 0.6) is 0 Å². The van der Waals surface area contributed by atoms with Gasteiger partial charge in [-0.05, 0) is 42.5 Å². The molecule has 1 aliphatic rings. The van der Waals surface area contributed by atoms with E-state index in [-0.39, 0.29) is 0 Å². The molecule has 0 N–H and O–H groups in total. The Bertz CT molecular complexity index is 507. The fourth-order valence-electron chi connectivity index (χ4n) is 2.42. The molecular formula is C13H12BrN. The summed E-state index contributed by atoms with van der Waals surface area (Å²) >= 11 is 3.78. The number of alkyl halides is 1. The number of hydrogen-bond donors (Lipinski definition) is 0. The van der Waals surface area contributed by atoms with Gasteiger partial charge in [-0.25, -0.2) is 0 Å². The van der Waals surface area contributed by atoms with Crippen LogP contribution in [0.3, 0.4) is 0 Å². The van der Waals surface area contributed by atoms with Gasteiger partial charge < -0.3 is 0 Å². The highest BCUT2D eigenvalue weighted by atomic mass is 79.9. The van der Waals surface area contributed by atoms with Crippen molar-refractivity contribution < 1.29 is 0 Å². The standard InChI is InChI=1S/C13H12BrN/c14-11-5-1-3-9-6-7-12-10(13(9)11)4-2-8-15-12/h2,4,6-8,11H,1,3,5H2. The van der Waals surface area contributed by atoms with Crippen LogP contribution in [0.4, 0.5) is 0 Å². The van der Waals surface area contributed by atoms with Crippen molar-refractivity contribution in [2.24, 2.45) is 0 Å². The predicted molar refractivity (Wildman–Crippen MR) is 66.3 cm³/mol.